The Labute approximate surface area is 104 Å². The van der Waals surface area contributed by atoms with Gasteiger partial charge in [0, 0.05) is 12.2 Å². The Balaban J connectivity index is 2.42. The molecular formula is C13H13FN2O2. The summed E-state index contributed by atoms with van der Waals surface area (Å²) in [5, 5.41) is 9.06. The molecule has 0 bridgehead atoms. The fraction of sp³-hybridized carbons (Fsp3) is 0.231. The molecule has 1 aromatic carbocycles. The zero-order valence-electron chi connectivity index (χ0n) is 10.1. The van der Waals surface area contributed by atoms with E-state index in [0.29, 0.717) is 12.1 Å². The Kier molecular flexibility index (Phi) is 3.14. The fourth-order valence-corrected chi connectivity index (χ4v) is 1.79. The lowest BCUT2D eigenvalue weighted by Crippen LogP contribution is -2.08. The first-order valence-corrected chi connectivity index (χ1v) is 5.49. The number of aryl methyl sites for hydroxylation is 1. The van der Waals surface area contributed by atoms with Gasteiger partial charge in [-0.15, -0.1) is 0 Å². The summed E-state index contributed by atoms with van der Waals surface area (Å²) < 4.78 is 15.0. The maximum absolute atomic E-state index is 13.2. The number of benzene rings is 1. The summed E-state index contributed by atoms with van der Waals surface area (Å²) in [5.74, 6) is -1.50. The lowest BCUT2D eigenvalue weighted by atomic mass is 10.1. The third-order valence-corrected chi connectivity index (χ3v) is 2.98. The van der Waals surface area contributed by atoms with Crippen molar-refractivity contribution >= 4 is 5.97 Å². The van der Waals surface area contributed by atoms with Gasteiger partial charge in [-0.25, -0.2) is 14.2 Å². The van der Waals surface area contributed by atoms with Gasteiger partial charge < -0.3 is 9.67 Å². The van der Waals surface area contributed by atoms with Crippen LogP contribution in [0.15, 0.2) is 24.5 Å². The molecule has 94 valence electrons. The van der Waals surface area contributed by atoms with E-state index in [-0.39, 0.29) is 5.56 Å². The van der Waals surface area contributed by atoms with Crippen LogP contribution in [0.3, 0.4) is 0 Å². The fourth-order valence-electron chi connectivity index (χ4n) is 1.79. The summed E-state index contributed by atoms with van der Waals surface area (Å²) in [7, 11) is 0. The van der Waals surface area contributed by atoms with Crippen molar-refractivity contribution in [2.75, 3.05) is 0 Å². The molecule has 1 N–H and O–H groups in total. The maximum atomic E-state index is 13.2. The molecule has 18 heavy (non-hydrogen) atoms. The third kappa shape index (κ3) is 2.25. The van der Waals surface area contributed by atoms with Gasteiger partial charge in [0.15, 0.2) is 0 Å². The van der Waals surface area contributed by atoms with E-state index in [0.717, 1.165) is 17.5 Å². The lowest BCUT2D eigenvalue weighted by Gasteiger charge is -2.09. The van der Waals surface area contributed by atoms with E-state index in [4.69, 9.17) is 5.11 Å². The Hall–Kier alpha value is -2.17. The molecule has 1 aromatic heterocycles. The molecule has 0 spiro atoms. The second-order valence-electron chi connectivity index (χ2n) is 4.15. The highest BCUT2D eigenvalue weighted by molar-refractivity contribution is 5.89. The van der Waals surface area contributed by atoms with Crippen molar-refractivity contribution in [2.24, 2.45) is 0 Å². The first-order valence-electron chi connectivity index (χ1n) is 5.49. The molecule has 4 nitrogen and oxygen atoms in total. The second-order valence-corrected chi connectivity index (χ2v) is 4.15. The smallest absolute Gasteiger partial charge is 0.336 e. The average Bonchev–Trinajstić information content (AvgIpc) is 2.61. The van der Waals surface area contributed by atoms with Gasteiger partial charge in [-0.05, 0) is 37.6 Å². The van der Waals surface area contributed by atoms with Crippen LogP contribution in [0.1, 0.15) is 27.3 Å². The molecule has 0 unspecified atom stereocenters. The van der Waals surface area contributed by atoms with Gasteiger partial charge in [-0.2, -0.15) is 0 Å². The van der Waals surface area contributed by atoms with Crippen LogP contribution in [0.5, 0.6) is 0 Å². The van der Waals surface area contributed by atoms with Crippen LogP contribution in [0.4, 0.5) is 4.39 Å². The van der Waals surface area contributed by atoms with Gasteiger partial charge >= 0.3 is 5.97 Å². The Morgan fingerprint density at radius 2 is 2.17 bits per heavy atom. The number of carboxylic acid groups (broad SMARTS) is 1. The van der Waals surface area contributed by atoms with E-state index in [2.05, 4.69) is 4.98 Å². The first kappa shape index (κ1) is 12.3. The third-order valence-electron chi connectivity index (χ3n) is 2.98. The first-order chi connectivity index (χ1) is 8.49. The highest BCUT2D eigenvalue weighted by Crippen LogP contribution is 2.15. The minimum atomic E-state index is -1.06. The van der Waals surface area contributed by atoms with Gasteiger partial charge in [0.1, 0.15) is 5.82 Å². The predicted molar refractivity (Wildman–Crippen MR) is 64.2 cm³/mol. The number of aromatic nitrogens is 2. The maximum Gasteiger partial charge on any atom is 0.336 e. The van der Waals surface area contributed by atoms with Crippen molar-refractivity contribution in [2.45, 2.75) is 20.4 Å². The van der Waals surface area contributed by atoms with E-state index in [1.54, 1.807) is 10.9 Å². The van der Waals surface area contributed by atoms with E-state index < -0.39 is 11.8 Å². The number of hydrogen-bond donors (Lipinski definition) is 1. The normalized spacial score (nSPS) is 10.6. The molecule has 0 aliphatic heterocycles. The summed E-state index contributed by atoms with van der Waals surface area (Å²) in [6, 6.07) is 3.68. The zero-order chi connectivity index (χ0) is 13.3. The molecule has 0 saturated carbocycles. The molecule has 2 rings (SSSR count). The number of carbonyl (C=O) groups is 1. The summed E-state index contributed by atoms with van der Waals surface area (Å²) in [5.41, 5.74) is 2.36. The van der Waals surface area contributed by atoms with E-state index >= 15 is 0 Å². The molecule has 0 atom stereocenters. The van der Waals surface area contributed by atoms with Crippen LogP contribution in [-0.2, 0) is 6.54 Å². The predicted octanol–water partition coefficient (Wildman–Crippen LogP) is 2.39. The highest BCUT2D eigenvalue weighted by atomic mass is 19.1. The molecule has 0 saturated heterocycles. The number of nitrogens with zero attached hydrogens (tertiary/aromatic N) is 2. The van der Waals surface area contributed by atoms with Crippen LogP contribution in [0, 0.1) is 19.7 Å². The molecule has 0 amide bonds. The highest BCUT2D eigenvalue weighted by Gasteiger charge is 2.12. The minimum absolute atomic E-state index is 0.113. The van der Waals surface area contributed by atoms with E-state index in [1.165, 1.54) is 12.1 Å². The van der Waals surface area contributed by atoms with Gasteiger partial charge in [-0.1, -0.05) is 0 Å². The van der Waals surface area contributed by atoms with Crippen LogP contribution in [0.25, 0.3) is 0 Å². The van der Waals surface area contributed by atoms with Crippen LogP contribution < -0.4 is 0 Å². The second kappa shape index (κ2) is 4.60. The van der Waals surface area contributed by atoms with E-state index in [9.17, 15) is 9.18 Å². The number of hydrogen-bond acceptors (Lipinski definition) is 2. The molecule has 5 heteroatoms. The lowest BCUT2D eigenvalue weighted by molar-refractivity contribution is 0.0695. The summed E-state index contributed by atoms with van der Waals surface area (Å²) in [4.78, 5) is 15.2. The van der Waals surface area contributed by atoms with Gasteiger partial charge in [-0.3, -0.25) is 0 Å². The zero-order valence-corrected chi connectivity index (χ0v) is 10.1. The molecule has 0 aliphatic rings. The van der Waals surface area contributed by atoms with Crippen LogP contribution in [-0.4, -0.2) is 20.6 Å². The van der Waals surface area contributed by atoms with Crippen molar-refractivity contribution in [1.29, 1.82) is 0 Å². The van der Waals surface area contributed by atoms with Gasteiger partial charge in [0.05, 0.1) is 17.6 Å². The number of carboxylic acids is 1. The topological polar surface area (TPSA) is 55.1 Å². The molecule has 0 aliphatic carbocycles. The van der Waals surface area contributed by atoms with Gasteiger partial charge in [0.25, 0.3) is 0 Å². The monoisotopic (exact) mass is 248 g/mol. The number of rotatable bonds is 3. The Morgan fingerprint density at radius 3 is 2.72 bits per heavy atom. The number of halogens is 1. The largest absolute Gasteiger partial charge is 0.478 e. The summed E-state index contributed by atoms with van der Waals surface area (Å²) >= 11 is 0. The van der Waals surface area contributed by atoms with Gasteiger partial charge in [0.2, 0.25) is 0 Å². The van der Waals surface area contributed by atoms with Crippen LogP contribution >= 0.6 is 0 Å². The van der Waals surface area contributed by atoms with E-state index in [1.807, 2.05) is 13.8 Å². The Morgan fingerprint density at radius 1 is 1.44 bits per heavy atom. The minimum Gasteiger partial charge on any atom is -0.478 e. The standard InChI is InChI=1S/C13H13FN2O2/c1-8-9(2)16(7-15-8)6-10-5-11(14)3-4-12(10)13(17)18/h3-5,7H,6H2,1-2H3,(H,17,18). The van der Waals surface area contributed by atoms with Crippen molar-refractivity contribution in [3.05, 3.63) is 52.9 Å². The molecule has 0 fully saturated rings. The number of imidazole rings is 1. The Bertz CT molecular complexity index is 605. The average molecular weight is 248 g/mol. The van der Waals surface area contributed by atoms with Crippen molar-refractivity contribution in [3.63, 3.8) is 0 Å². The molecular weight excluding hydrogens is 235 g/mol. The quantitative estimate of drug-likeness (QED) is 0.907. The molecule has 2 aromatic rings. The number of aromatic carboxylic acids is 1. The van der Waals surface area contributed by atoms with Crippen molar-refractivity contribution < 1.29 is 14.3 Å². The summed E-state index contributed by atoms with van der Waals surface area (Å²) in [6.07, 6.45) is 1.63. The van der Waals surface area contributed by atoms with Crippen molar-refractivity contribution in [1.82, 2.24) is 9.55 Å². The molecule has 0 radical (unpaired) electrons. The molecule has 1 heterocycles. The van der Waals surface area contributed by atoms with Crippen molar-refractivity contribution in [3.8, 4) is 0 Å². The summed E-state index contributed by atoms with van der Waals surface area (Å²) in [6.45, 7) is 4.06. The van der Waals surface area contributed by atoms with Crippen LogP contribution in [0.2, 0.25) is 0 Å². The SMILES string of the molecule is Cc1ncn(Cc2cc(F)ccc2C(=O)O)c1C.